The van der Waals surface area contributed by atoms with Crippen molar-refractivity contribution in [3.05, 3.63) is 18.1 Å². The number of rotatable bonds is 5. The lowest BCUT2D eigenvalue weighted by molar-refractivity contribution is -0.0181. The molecule has 1 fully saturated rings. The van der Waals surface area contributed by atoms with Crippen LogP contribution in [-0.2, 0) is 11.3 Å². The van der Waals surface area contributed by atoms with Gasteiger partial charge in [0.05, 0.1) is 37.5 Å². The molecule has 0 radical (unpaired) electrons. The van der Waals surface area contributed by atoms with Gasteiger partial charge in [-0.25, -0.2) is 14.4 Å². The zero-order valence-electron chi connectivity index (χ0n) is 12.7. The molecule has 10 heteroatoms. The Kier molecular flexibility index (Phi) is 4.22. The van der Waals surface area contributed by atoms with Gasteiger partial charge >= 0.3 is 0 Å². The highest BCUT2D eigenvalue weighted by Crippen LogP contribution is 2.33. The molecule has 0 amide bonds. The predicted molar refractivity (Wildman–Crippen MR) is 82.5 cm³/mol. The number of ether oxygens (including phenoxy) is 1. The Balaban J connectivity index is 2.05. The van der Waals surface area contributed by atoms with E-state index in [4.69, 9.17) is 21.0 Å². The first-order valence-corrected chi connectivity index (χ1v) is 7.28. The van der Waals surface area contributed by atoms with Crippen molar-refractivity contribution in [1.29, 1.82) is 5.41 Å². The number of fused-ring (bicyclic) bond motifs is 1. The Bertz CT molecular complexity index is 782. The molecule has 6 N–H and O–H groups in total. The van der Waals surface area contributed by atoms with Crippen LogP contribution in [0.15, 0.2) is 12.5 Å². The number of alkyl halides is 1. The van der Waals surface area contributed by atoms with E-state index in [2.05, 4.69) is 9.97 Å². The molecular formula is C14H18FN5O4. The number of nitrogens with one attached hydrogen (secondary N) is 1. The summed E-state index contributed by atoms with van der Waals surface area (Å²) in [7, 11) is 0. The largest absolute Gasteiger partial charge is 0.394 e. The van der Waals surface area contributed by atoms with Gasteiger partial charge in [0.2, 0.25) is 0 Å². The number of nitrogen functional groups attached to an aromatic ring is 1. The highest BCUT2D eigenvalue weighted by atomic mass is 19.1. The molecule has 130 valence electrons. The molecule has 24 heavy (non-hydrogen) atoms. The molecule has 3 rings (SSSR count). The van der Waals surface area contributed by atoms with Gasteiger partial charge < -0.3 is 35.8 Å². The quantitative estimate of drug-likeness (QED) is 0.431. The van der Waals surface area contributed by atoms with E-state index in [1.807, 2.05) is 0 Å². The van der Waals surface area contributed by atoms with Crippen molar-refractivity contribution in [3.8, 4) is 0 Å². The fourth-order valence-corrected chi connectivity index (χ4v) is 2.91. The smallest absolute Gasteiger partial charge is 0.180 e. The van der Waals surface area contributed by atoms with E-state index in [9.17, 15) is 10.2 Å². The lowest BCUT2D eigenvalue weighted by Crippen LogP contribution is -2.44. The number of aliphatic hydroxyl groups is 3. The van der Waals surface area contributed by atoms with Crippen molar-refractivity contribution in [2.75, 3.05) is 25.6 Å². The van der Waals surface area contributed by atoms with E-state index in [1.165, 1.54) is 17.1 Å². The third-order valence-corrected chi connectivity index (χ3v) is 4.20. The summed E-state index contributed by atoms with van der Waals surface area (Å²) in [5, 5.41) is 36.5. The number of nitrogens with two attached hydrogens (primary N) is 1. The number of hydrogen-bond acceptors (Lipinski definition) is 8. The molecule has 2 aromatic heterocycles. The Morgan fingerprint density at radius 2 is 2.25 bits per heavy atom. The number of aliphatic hydroxyl groups excluding tert-OH is 3. The topological polar surface area (TPSA) is 150 Å². The molecule has 3 unspecified atom stereocenters. The molecule has 0 spiro atoms. The van der Waals surface area contributed by atoms with E-state index in [1.54, 1.807) is 0 Å². The van der Waals surface area contributed by atoms with Gasteiger partial charge in [0.25, 0.3) is 0 Å². The van der Waals surface area contributed by atoms with Crippen LogP contribution in [0.25, 0.3) is 11.0 Å². The first-order valence-electron chi connectivity index (χ1n) is 7.28. The van der Waals surface area contributed by atoms with Crippen LogP contribution in [0.4, 0.5) is 10.2 Å². The Labute approximate surface area is 136 Å². The highest BCUT2D eigenvalue weighted by Gasteiger charge is 2.50. The zero-order valence-corrected chi connectivity index (χ0v) is 12.7. The molecule has 1 aliphatic heterocycles. The van der Waals surface area contributed by atoms with Crippen LogP contribution >= 0.6 is 0 Å². The molecule has 0 saturated carbocycles. The van der Waals surface area contributed by atoms with Gasteiger partial charge in [-0.3, -0.25) is 0 Å². The van der Waals surface area contributed by atoms with Crippen LogP contribution in [0.5, 0.6) is 0 Å². The van der Waals surface area contributed by atoms with Gasteiger partial charge in [-0.15, -0.1) is 0 Å². The molecule has 2 aromatic rings. The second kappa shape index (κ2) is 6.06. The minimum atomic E-state index is -2.13. The average molecular weight is 339 g/mol. The van der Waals surface area contributed by atoms with Crippen molar-refractivity contribution in [2.24, 2.45) is 0 Å². The van der Waals surface area contributed by atoms with Crippen LogP contribution in [0.3, 0.4) is 0 Å². The first-order chi connectivity index (χ1) is 11.4. The van der Waals surface area contributed by atoms with Gasteiger partial charge in [-0.05, 0) is 0 Å². The van der Waals surface area contributed by atoms with Crippen LogP contribution in [0, 0.1) is 5.41 Å². The van der Waals surface area contributed by atoms with Gasteiger partial charge in [-0.2, -0.15) is 0 Å². The number of halogens is 1. The van der Waals surface area contributed by atoms with Gasteiger partial charge in [-0.1, -0.05) is 0 Å². The lowest BCUT2D eigenvalue weighted by atomic mass is 9.98. The first kappa shape index (κ1) is 16.7. The van der Waals surface area contributed by atoms with E-state index < -0.39 is 31.1 Å². The molecule has 9 nitrogen and oxygen atoms in total. The van der Waals surface area contributed by atoms with E-state index in [0.717, 1.165) is 0 Å². The highest BCUT2D eigenvalue weighted by molar-refractivity contribution is 6.12. The maximum Gasteiger partial charge on any atom is 0.180 e. The second-order valence-electron chi connectivity index (χ2n) is 5.78. The average Bonchev–Trinajstić information content (AvgIpc) is 3.07. The maximum absolute atomic E-state index is 15.1. The van der Waals surface area contributed by atoms with Crippen molar-refractivity contribution in [2.45, 2.75) is 24.4 Å². The monoisotopic (exact) mass is 339 g/mol. The van der Waals surface area contributed by atoms with Crippen molar-refractivity contribution < 1.29 is 24.4 Å². The Hall–Kier alpha value is -2.14. The summed E-state index contributed by atoms with van der Waals surface area (Å²) in [6, 6.07) is 0. The third kappa shape index (κ3) is 2.53. The minimum absolute atomic E-state index is 0.107. The SMILES string of the molecule is N=C(CO)c1cn(CC2(F)COC(CO)C2O)c2ncnc(N)c12. The number of anilines is 1. The molecule has 3 heterocycles. The summed E-state index contributed by atoms with van der Waals surface area (Å²) < 4.78 is 21.6. The summed E-state index contributed by atoms with van der Waals surface area (Å²) in [5.41, 5.74) is 4.17. The number of nitrogens with zero attached hydrogens (tertiary/aromatic N) is 3. The molecule has 1 aliphatic rings. The minimum Gasteiger partial charge on any atom is -0.394 e. The third-order valence-electron chi connectivity index (χ3n) is 4.20. The van der Waals surface area contributed by atoms with Crippen molar-refractivity contribution >= 4 is 22.6 Å². The van der Waals surface area contributed by atoms with Crippen molar-refractivity contribution in [3.63, 3.8) is 0 Å². The van der Waals surface area contributed by atoms with E-state index in [0.29, 0.717) is 10.9 Å². The summed E-state index contributed by atoms with van der Waals surface area (Å²) >= 11 is 0. The molecule has 0 aliphatic carbocycles. The molecular weight excluding hydrogens is 321 g/mol. The summed E-state index contributed by atoms with van der Waals surface area (Å²) in [6.45, 7) is -1.70. The summed E-state index contributed by atoms with van der Waals surface area (Å²) in [4.78, 5) is 7.93. The molecule has 0 aromatic carbocycles. The van der Waals surface area contributed by atoms with Crippen LogP contribution in [-0.4, -0.2) is 73.3 Å². The standard InChI is InChI=1S/C14H18FN5O4/c15-14(5-24-9(3-22)11(14)23)4-20-1-7(8(16)2-21)10-12(17)18-6-19-13(10)20/h1,6,9,11,16,21-23H,2-5H2,(H2,17,18,19). The van der Waals surface area contributed by atoms with Crippen LogP contribution in [0.1, 0.15) is 5.56 Å². The predicted octanol–water partition coefficient (Wildman–Crippen LogP) is -1.17. The van der Waals surface area contributed by atoms with Gasteiger partial charge in [0, 0.05) is 11.8 Å². The van der Waals surface area contributed by atoms with Gasteiger partial charge in [0.15, 0.2) is 5.67 Å². The zero-order chi connectivity index (χ0) is 17.5. The fourth-order valence-electron chi connectivity index (χ4n) is 2.91. The second-order valence-corrected chi connectivity index (χ2v) is 5.78. The summed E-state index contributed by atoms with van der Waals surface area (Å²) in [6.07, 6.45) is 0.157. The number of aromatic nitrogens is 3. The molecule has 1 saturated heterocycles. The number of hydrogen-bond donors (Lipinski definition) is 5. The van der Waals surface area contributed by atoms with Crippen LogP contribution < -0.4 is 5.73 Å². The normalized spacial score (nSPS) is 27.0. The lowest BCUT2D eigenvalue weighted by Gasteiger charge is -2.24. The molecule has 3 atom stereocenters. The Morgan fingerprint density at radius 1 is 1.50 bits per heavy atom. The van der Waals surface area contributed by atoms with E-state index in [-0.39, 0.29) is 30.3 Å². The maximum atomic E-state index is 15.1. The van der Waals surface area contributed by atoms with Crippen LogP contribution in [0.2, 0.25) is 0 Å². The molecule has 0 bridgehead atoms. The van der Waals surface area contributed by atoms with Crippen molar-refractivity contribution in [1.82, 2.24) is 14.5 Å². The van der Waals surface area contributed by atoms with E-state index >= 15 is 4.39 Å². The fraction of sp³-hybridized carbons (Fsp3) is 0.500. The summed E-state index contributed by atoms with van der Waals surface area (Å²) in [5.74, 6) is 0.108. The van der Waals surface area contributed by atoms with Gasteiger partial charge in [0.1, 0.15) is 30.0 Å². The Morgan fingerprint density at radius 3 is 2.88 bits per heavy atom.